The van der Waals surface area contributed by atoms with E-state index in [0.29, 0.717) is 29.5 Å². The highest BCUT2D eigenvalue weighted by molar-refractivity contribution is 6.31. The van der Waals surface area contributed by atoms with Crippen LogP contribution in [0.3, 0.4) is 0 Å². The van der Waals surface area contributed by atoms with Gasteiger partial charge >= 0.3 is 0 Å². The minimum Gasteiger partial charge on any atom is -0.493 e. The van der Waals surface area contributed by atoms with E-state index in [-0.39, 0.29) is 5.92 Å². The number of nitriles is 1. The molecule has 0 saturated heterocycles. The van der Waals surface area contributed by atoms with E-state index < -0.39 is 0 Å². The number of fused-ring (bicyclic) bond motifs is 1. The van der Waals surface area contributed by atoms with Crippen LogP contribution in [0.4, 0.5) is 0 Å². The number of para-hydroxylation sites is 1. The highest BCUT2D eigenvalue weighted by atomic mass is 35.5. The minimum atomic E-state index is 0.264. The van der Waals surface area contributed by atoms with Crippen molar-refractivity contribution in [1.29, 1.82) is 5.26 Å². The lowest BCUT2D eigenvalue weighted by Gasteiger charge is -2.26. The molecule has 1 aliphatic rings. The number of ether oxygens (including phenoxy) is 2. The fourth-order valence-electron chi connectivity index (χ4n) is 2.51. The van der Waals surface area contributed by atoms with Crippen LogP contribution in [0.25, 0.3) is 0 Å². The summed E-state index contributed by atoms with van der Waals surface area (Å²) in [5, 5.41) is 9.58. The van der Waals surface area contributed by atoms with E-state index >= 15 is 0 Å². The van der Waals surface area contributed by atoms with Gasteiger partial charge in [-0.2, -0.15) is 5.26 Å². The number of rotatable bonds is 3. The number of nitrogens with zero attached hydrogens (tertiary/aromatic N) is 1. The maximum absolute atomic E-state index is 9.16. The zero-order chi connectivity index (χ0) is 14.7. The molecule has 0 spiro atoms. The Bertz CT molecular complexity index is 693. The third-order valence-electron chi connectivity index (χ3n) is 3.61. The summed E-state index contributed by atoms with van der Waals surface area (Å²) >= 11 is 6.01. The van der Waals surface area contributed by atoms with Crippen LogP contribution in [0.2, 0.25) is 5.02 Å². The van der Waals surface area contributed by atoms with Crippen molar-refractivity contribution in [3.63, 3.8) is 0 Å². The highest BCUT2D eigenvalue weighted by Crippen LogP contribution is 2.34. The molecule has 0 aromatic heterocycles. The molecule has 0 amide bonds. The quantitative estimate of drug-likeness (QED) is 0.854. The van der Waals surface area contributed by atoms with Crippen LogP contribution in [0.1, 0.15) is 23.5 Å². The Morgan fingerprint density at radius 2 is 2.10 bits per heavy atom. The lowest BCUT2D eigenvalue weighted by atomic mass is 9.94. The Morgan fingerprint density at radius 3 is 2.95 bits per heavy atom. The fraction of sp³-hybridized carbons (Fsp3) is 0.235. The van der Waals surface area contributed by atoms with Crippen molar-refractivity contribution < 1.29 is 9.47 Å². The van der Waals surface area contributed by atoms with Crippen LogP contribution in [-0.4, -0.2) is 13.2 Å². The first-order valence-electron chi connectivity index (χ1n) is 6.82. The van der Waals surface area contributed by atoms with Gasteiger partial charge in [-0.25, -0.2) is 0 Å². The third kappa shape index (κ3) is 2.81. The van der Waals surface area contributed by atoms with E-state index in [9.17, 15) is 0 Å². The van der Waals surface area contributed by atoms with Gasteiger partial charge in [0.05, 0.1) is 18.2 Å². The molecule has 0 bridgehead atoms. The lowest BCUT2D eigenvalue weighted by Crippen LogP contribution is -2.19. The van der Waals surface area contributed by atoms with Crippen LogP contribution in [0.5, 0.6) is 11.5 Å². The first-order valence-corrected chi connectivity index (χ1v) is 7.20. The number of hydrogen-bond acceptors (Lipinski definition) is 3. The van der Waals surface area contributed by atoms with Crippen molar-refractivity contribution in [2.24, 2.45) is 0 Å². The molecule has 2 aromatic rings. The summed E-state index contributed by atoms with van der Waals surface area (Å²) < 4.78 is 11.5. The minimum absolute atomic E-state index is 0.264. The van der Waals surface area contributed by atoms with E-state index in [1.807, 2.05) is 18.2 Å². The number of benzene rings is 2. The average molecular weight is 300 g/mol. The van der Waals surface area contributed by atoms with E-state index in [1.54, 1.807) is 18.2 Å². The van der Waals surface area contributed by atoms with Gasteiger partial charge in [0.2, 0.25) is 0 Å². The largest absolute Gasteiger partial charge is 0.493 e. The molecule has 3 nitrogen and oxygen atoms in total. The van der Waals surface area contributed by atoms with Crippen LogP contribution in [-0.2, 0) is 0 Å². The molecule has 1 heterocycles. The summed E-state index contributed by atoms with van der Waals surface area (Å²) in [7, 11) is 0. The van der Waals surface area contributed by atoms with Gasteiger partial charge in [0.25, 0.3) is 0 Å². The lowest BCUT2D eigenvalue weighted by molar-refractivity contribution is 0.217. The molecule has 0 aliphatic carbocycles. The van der Waals surface area contributed by atoms with Gasteiger partial charge < -0.3 is 9.47 Å². The molecule has 0 fully saturated rings. The molecule has 0 N–H and O–H groups in total. The Morgan fingerprint density at radius 1 is 1.24 bits per heavy atom. The molecule has 1 atom stereocenters. The molecule has 1 aliphatic heterocycles. The van der Waals surface area contributed by atoms with Gasteiger partial charge in [-0.3, -0.25) is 0 Å². The standard InChI is InChI=1S/C17H14ClNO2/c18-15-5-3-7-17(14(15)10-19)21-11-12-8-9-20-16-6-2-1-4-13(12)16/h1-7,12H,8-9,11H2. The Kier molecular flexibility index (Phi) is 3.98. The van der Waals surface area contributed by atoms with Crippen molar-refractivity contribution >= 4 is 11.6 Å². The van der Waals surface area contributed by atoms with Crippen LogP contribution in [0.15, 0.2) is 42.5 Å². The Balaban J connectivity index is 1.78. The monoisotopic (exact) mass is 299 g/mol. The fourth-order valence-corrected chi connectivity index (χ4v) is 2.72. The van der Waals surface area contributed by atoms with E-state index in [2.05, 4.69) is 12.1 Å². The molecule has 2 aromatic carbocycles. The number of halogens is 1. The molecule has 106 valence electrons. The molecule has 1 unspecified atom stereocenters. The molecule has 21 heavy (non-hydrogen) atoms. The summed E-state index contributed by atoms with van der Waals surface area (Å²) in [6.07, 6.45) is 0.902. The van der Waals surface area contributed by atoms with E-state index in [0.717, 1.165) is 17.7 Å². The van der Waals surface area contributed by atoms with Gasteiger partial charge in [-0.15, -0.1) is 0 Å². The predicted octanol–water partition coefficient (Wildman–Crippen LogP) is 4.16. The summed E-state index contributed by atoms with van der Waals surface area (Å²) in [4.78, 5) is 0. The summed E-state index contributed by atoms with van der Waals surface area (Å²) in [5.41, 5.74) is 1.55. The molecular weight excluding hydrogens is 286 g/mol. The summed E-state index contributed by atoms with van der Waals surface area (Å²) in [6.45, 7) is 1.20. The van der Waals surface area contributed by atoms with Crippen molar-refractivity contribution in [3.8, 4) is 17.6 Å². The maximum Gasteiger partial charge on any atom is 0.138 e. The number of hydrogen-bond donors (Lipinski definition) is 0. The van der Waals surface area contributed by atoms with Crippen LogP contribution >= 0.6 is 11.6 Å². The van der Waals surface area contributed by atoms with Crippen molar-refractivity contribution in [2.75, 3.05) is 13.2 Å². The van der Waals surface area contributed by atoms with Gasteiger partial charge in [0.1, 0.15) is 23.1 Å². The molecule has 0 saturated carbocycles. The molecule has 3 rings (SSSR count). The molecule has 4 heteroatoms. The second-order valence-electron chi connectivity index (χ2n) is 4.91. The summed E-state index contributed by atoms with van der Waals surface area (Å²) in [6, 6.07) is 15.3. The smallest absolute Gasteiger partial charge is 0.138 e. The first-order chi connectivity index (χ1) is 10.3. The van der Waals surface area contributed by atoms with Crippen molar-refractivity contribution in [2.45, 2.75) is 12.3 Å². The van der Waals surface area contributed by atoms with Crippen LogP contribution in [0, 0.1) is 11.3 Å². The van der Waals surface area contributed by atoms with Crippen LogP contribution < -0.4 is 9.47 Å². The topological polar surface area (TPSA) is 42.2 Å². The highest BCUT2D eigenvalue weighted by Gasteiger charge is 2.22. The van der Waals surface area contributed by atoms with E-state index in [1.165, 1.54) is 0 Å². The zero-order valence-electron chi connectivity index (χ0n) is 11.4. The predicted molar refractivity (Wildman–Crippen MR) is 81.0 cm³/mol. The first kappa shape index (κ1) is 13.8. The zero-order valence-corrected chi connectivity index (χ0v) is 12.1. The van der Waals surface area contributed by atoms with Gasteiger partial charge in [0.15, 0.2) is 0 Å². The second kappa shape index (κ2) is 6.07. The van der Waals surface area contributed by atoms with Gasteiger partial charge in [-0.1, -0.05) is 35.9 Å². The average Bonchev–Trinajstić information content (AvgIpc) is 2.53. The summed E-state index contributed by atoms with van der Waals surface area (Å²) in [5.74, 6) is 1.72. The van der Waals surface area contributed by atoms with Crippen molar-refractivity contribution in [3.05, 3.63) is 58.6 Å². The SMILES string of the molecule is N#Cc1c(Cl)cccc1OCC1CCOc2ccccc21. The molecule has 0 radical (unpaired) electrons. The van der Waals surface area contributed by atoms with E-state index in [4.69, 9.17) is 26.3 Å². The van der Waals surface area contributed by atoms with Gasteiger partial charge in [-0.05, 0) is 24.6 Å². The normalized spacial score (nSPS) is 16.5. The Labute approximate surface area is 128 Å². The molecular formula is C17H14ClNO2. The maximum atomic E-state index is 9.16. The van der Waals surface area contributed by atoms with Crippen molar-refractivity contribution in [1.82, 2.24) is 0 Å². The second-order valence-corrected chi connectivity index (χ2v) is 5.31. The third-order valence-corrected chi connectivity index (χ3v) is 3.92. The van der Waals surface area contributed by atoms with Gasteiger partial charge in [0, 0.05) is 11.5 Å². The Hall–Kier alpha value is -2.18.